The molecule has 0 saturated carbocycles. The van der Waals surface area contributed by atoms with Crippen LogP contribution in [0.3, 0.4) is 0 Å². The van der Waals surface area contributed by atoms with Crippen LogP contribution in [0, 0.1) is 5.92 Å². The Morgan fingerprint density at radius 2 is 2.32 bits per heavy atom. The van der Waals surface area contributed by atoms with E-state index in [1.807, 2.05) is 0 Å². The van der Waals surface area contributed by atoms with Crippen molar-refractivity contribution in [3.63, 3.8) is 0 Å². The summed E-state index contributed by atoms with van der Waals surface area (Å²) in [5.74, 6) is 0.924. The third-order valence-electron chi connectivity index (χ3n) is 4.59. The summed E-state index contributed by atoms with van der Waals surface area (Å²) in [6.07, 6.45) is 5.35. The van der Waals surface area contributed by atoms with Gasteiger partial charge in [-0.25, -0.2) is 0 Å². The number of carbonyl (C=O) groups is 1. The predicted molar refractivity (Wildman–Crippen MR) is 76.0 cm³/mol. The van der Waals surface area contributed by atoms with Crippen molar-refractivity contribution in [3.05, 3.63) is 0 Å². The number of piperidine rings is 1. The Hall–Kier alpha value is -0.610. The fraction of sp³-hybridized carbons (Fsp3) is 0.933. The van der Waals surface area contributed by atoms with E-state index in [9.17, 15) is 4.79 Å². The van der Waals surface area contributed by atoms with Crippen molar-refractivity contribution in [3.8, 4) is 0 Å². The topological polar surface area (TPSA) is 41.6 Å². The number of hydrogen-bond acceptors (Lipinski definition) is 3. The molecule has 2 heterocycles. The van der Waals surface area contributed by atoms with Crippen molar-refractivity contribution in [1.29, 1.82) is 0 Å². The smallest absolute Gasteiger partial charge is 0.224 e. The second-order valence-electron chi connectivity index (χ2n) is 5.97. The molecule has 1 amide bonds. The minimum atomic E-state index is 0.209. The number of carbonyl (C=O) groups excluding carboxylic acids is 1. The molecule has 2 aliphatic rings. The lowest BCUT2D eigenvalue weighted by Gasteiger charge is -2.40. The van der Waals surface area contributed by atoms with Crippen LogP contribution in [-0.4, -0.2) is 49.2 Å². The maximum absolute atomic E-state index is 12.5. The summed E-state index contributed by atoms with van der Waals surface area (Å²) in [5.41, 5.74) is 0. The predicted octanol–water partition coefficient (Wildman–Crippen LogP) is 1.79. The van der Waals surface area contributed by atoms with E-state index in [1.54, 1.807) is 0 Å². The molecule has 110 valence electrons. The molecular weight excluding hydrogens is 240 g/mol. The number of nitrogens with one attached hydrogen (secondary N) is 1. The molecule has 2 fully saturated rings. The van der Waals surface area contributed by atoms with Gasteiger partial charge in [0, 0.05) is 31.6 Å². The molecule has 2 saturated heterocycles. The van der Waals surface area contributed by atoms with Crippen molar-refractivity contribution in [2.75, 3.05) is 26.3 Å². The largest absolute Gasteiger partial charge is 0.378 e. The van der Waals surface area contributed by atoms with Gasteiger partial charge in [-0.15, -0.1) is 0 Å². The number of rotatable bonds is 4. The fourth-order valence-electron chi connectivity index (χ4n) is 3.21. The van der Waals surface area contributed by atoms with Gasteiger partial charge in [0.2, 0.25) is 5.91 Å². The van der Waals surface area contributed by atoms with E-state index in [4.69, 9.17) is 4.74 Å². The molecule has 4 heteroatoms. The van der Waals surface area contributed by atoms with Gasteiger partial charge in [-0.3, -0.25) is 4.79 Å². The third-order valence-corrected chi connectivity index (χ3v) is 4.59. The van der Waals surface area contributed by atoms with E-state index < -0.39 is 0 Å². The van der Waals surface area contributed by atoms with E-state index in [2.05, 4.69) is 24.1 Å². The number of nitrogens with zero attached hydrogens (tertiary/aromatic N) is 1. The number of amides is 1. The maximum Gasteiger partial charge on any atom is 0.224 e. The SMILES string of the molecule is CCC(C)C1CCCCN1C(=O)CC1COCCN1. The summed E-state index contributed by atoms with van der Waals surface area (Å²) in [6.45, 7) is 7.75. The minimum Gasteiger partial charge on any atom is -0.378 e. The average Bonchev–Trinajstić information content (AvgIpc) is 2.47. The quantitative estimate of drug-likeness (QED) is 0.845. The number of hydrogen-bond donors (Lipinski definition) is 1. The Labute approximate surface area is 116 Å². The lowest BCUT2D eigenvalue weighted by atomic mass is 9.89. The lowest BCUT2D eigenvalue weighted by Crippen LogP contribution is -2.50. The molecule has 3 unspecified atom stereocenters. The average molecular weight is 268 g/mol. The zero-order chi connectivity index (χ0) is 13.7. The van der Waals surface area contributed by atoms with Crippen molar-refractivity contribution >= 4 is 5.91 Å². The first kappa shape index (κ1) is 14.8. The van der Waals surface area contributed by atoms with Gasteiger partial charge in [0.1, 0.15) is 0 Å². The molecule has 0 aromatic heterocycles. The van der Waals surface area contributed by atoms with Crippen LogP contribution in [0.15, 0.2) is 0 Å². The highest BCUT2D eigenvalue weighted by Gasteiger charge is 2.31. The van der Waals surface area contributed by atoms with Crippen LogP contribution in [0.5, 0.6) is 0 Å². The van der Waals surface area contributed by atoms with Crippen LogP contribution >= 0.6 is 0 Å². The van der Waals surface area contributed by atoms with E-state index in [1.165, 1.54) is 12.8 Å². The molecule has 0 aliphatic carbocycles. The molecule has 1 N–H and O–H groups in total. The summed E-state index contributed by atoms with van der Waals surface area (Å²) in [6, 6.07) is 0.663. The van der Waals surface area contributed by atoms with Crippen LogP contribution in [-0.2, 0) is 9.53 Å². The van der Waals surface area contributed by atoms with Crippen molar-refractivity contribution in [2.45, 2.75) is 58.0 Å². The van der Waals surface area contributed by atoms with Gasteiger partial charge in [0.05, 0.1) is 13.2 Å². The molecule has 0 aromatic rings. The van der Waals surface area contributed by atoms with Crippen molar-refractivity contribution < 1.29 is 9.53 Å². The lowest BCUT2D eigenvalue weighted by molar-refractivity contribution is -0.137. The molecule has 0 aromatic carbocycles. The number of morpholine rings is 1. The third kappa shape index (κ3) is 3.93. The molecule has 2 rings (SSSR count). The second kappa shape index (κ2) is 7.25. The Kier molecular flexibility index (Phi) is 5.64. The highest BCUT2D eigenvalue weighted by atomic mass is 16.5. The molecule has 4 nitrogen and oxygen atoms in total. The van der Waals surface area contributed by atoms with Gasteiger partial charge in [-0.1, -0.05) is 20.3 Å². The molecule has 19 heavy (non-hydrogen) atoms. The standard InChI is InChI=1S/C15H28N2O2/c1-3-12(2)14-6-4-5-8-17(14)15(18)10-13-11-19-9-7-16-13/h12-14,16H,3-11H2,1-2H3. The summed E-state index contributed by atoms with van der Waals surface area (Å²) in [7, 11) is 0. The van der Waals surface area contributed by atoms with Crippen LogP contribution < -0.4 is 5.32 Å². The van der Waals surface area contributed by atoms with Gasteiger partial charge < -0.3 is 15.0 Å². The van der Waals surface area contributed by atoms with Crippen molar-refractivity contribution in [2.24, 2.45) is 5.92 Å². The zero-order valence-electron chi connectivity index (χ0n) is 12.4. The zero-order valence-corrected chi connectivity index (χ0v) is 12.4. The first-order valence-corrected chi connectivity index (χ1v) is 7.83. The molecular formula is C15H28N2O2. The van der Waals surface area contributed by atoms with Crippen molar-refractivity contribution in [1.82, 2.24) is 10.2 Å². The first-order valence-electron chi connectivity index (χ1n) is 7.83. The maximum atomic E-state index is 12.5. The van der Waals surface area contributed by atoms with Gasteiger partial charge in [-0.05, 0) is 25.2 Å². The van der Waals surface area contributed by atoms with Crippen LogP contribution in [0.2, 0.25) is 0 Å². The molecule has 3 atom stereocenters. The van der Waals surface area contributed by atoms with E-state index in [0.29, 0.717) is 30.9 Å². The number of likely N-dealkylation sites (tertiary alicyclic amines) is 1. The van der Waals surface area contributed by atoms with E-state index in [-0.39, 0.29) is 6.04 Å². The molecule has 0 spiro atoms. The first-order chi connectivity index (χ1) is 9.22. The van der Waals surface area contributed by atoms with Crippen LogP contribution in [0.25, 0.3) is 0 Å². The molecule has 2 aliphatic heterocycles. The van der Waals surface area contributed by atoms with E-state index >= 15 is 0 Å². The molecule has 0 bridgehead atoms. The Bertz CT molecular complexity index is 290. The van der Waals surface area contributed by atoms with Gasteiger partial charge in [0.25, 0.3) is 0 Å². The molecule has 0 radical (unpaired) electrons. The summed E-state index contributed by atoms with van der Waals surface area (Å²) in [5, 5.41) is 3.37. The monoisotopic (exact) mass is 268 g/mol. The second-order valence-corrected chi connectivity index (χ2v) is 5.97. The Morgan fingerprint density at radius 1 is 1.47 bits per heavy atom. The summed E-state index contributed by atoms with van der Waals surface area (Å²) in [4.78, 5) is 14.7. The van der Waals surface area contributed by atoms with Gasteiger partial charge >= 0.3 is 0 Å². The fourth-order valence-corrected chi connectivity index (χ4v) is 3.21. The Morgan fingerprint density at radius 3 is 3.00 bits per heavy atom. The van der Waals surface area contributed by atoms with Crippen LogP contribution in [0.1, 0.15) is 46.0 Å². The van der Waals surface area contributed by atoms with Gasteiger partial charge in [-0.2, -0.15) is 0 Å². The van der Waals surface area contributed by atoms with Gasteiger partial charge in [0.15, 0.2) is 0 Å². The Balaban J connectivity index is 1.90. The highest BCUT2D eigenvalue weighted by molar-refractivity contribution is 5.77. The van der Waals surface area contributed by atoms with E-state index in [0.717, 1.165) is 32.5 Å². The summed E-state index contributed by atoms with van der Waals surface area (Å²) < 4.78 is 5.43. The minimum absolute atomic E-state index is 0.209. The van der Waals surface area contributed by atoms with Crippen LogP contribution in [0.4, 0.5) is 0 Å². The normalized spacial score (nSPS) is 30.1. The summed E-state index contributed by atoms with van der Waals surface area (Å²) >= 11 is 0. The highest BCUT2D eigenvalue weighted by Crippen LogP contribution is 2.26. The number of ether oxygens (including phenoxy) is 1.